The molecule has 0 aromatic heterocycles. The van der Waals surface area contributed by atoms with Gasteiger partial charge in [-0.25, -0.2) is 0 Å². The lowest BCUT2D eigenvalue weighted by Gasteiger charge is -2.29. The summed E-state index contributed by atoms with van der Waals surface area (Å²) in [5, 5.41) is 15.9. The van der Waals surface area contributed by atoms with Crippen LogP contribution in [0.15, 0.2) is 18.2 Å². The van der Waals surface area contributed by atoms with Gasteiger partial charge >= 0.3 is 0 Å². The summed E-state index contributed by atoms with van der Waals surface area (Å²) in [6.45, 7) is 10.00. The zero-order valence-corrected chi connectivity index (χ0v) is 23.6. The molecule has 208 valence electrons. The van der Waals surface area contributed by atoms with Gasteiger partial charge in [0.15, 0.2) is 11.5 Å². The summed E-state index contributed by atoms with van der Waals surface area (Å²) in [6.07, 6.45) is 1.21. The van der Waals surface area contributed by atoms with Crippen LogP contribution in [0.5, 0.6) is 11.5 Å². The number of carbonyl (C=O) groups is 2. The Bertz CT molecular complexity index is 806. The molecule has 0 saturated carbocycles. The zero-order valence-electron chi connectivity index (χ0n) is 22.8. The van der Waals surface area contributed by atoms with Gasteiger partial charge in [-0.2, -0.15) is 0 Å². The number of nitrogens with one attached hydrogen (secondary N) is 2. The molecule has 0 heterocycles. The van der Waals surface area contributed by atoms with Crippen LogP contribution in [0.25, 0.3) is 0 Å². The molecule has 0 bridgehead atoms. The minimum absolute atomic E-state index is 0. The number of ether oxygens (including phenoxy) is 3. The molecule has 9 nitrogen and oxygen atoms in total. The Morgan fingerprint density at radius 3 is 2.36 bits per heavy atom. The summed E-state index contributed by atoms with van der Waals surface area (Å²) in [4.78, 5) is 23.7. The van der Waals surface area contributed by atoms with Crippen LogP contribution in [0.4, 0.5) is 0 Å². The zero-order chi connectivity index (χ0) is 26.6. The van der Waals surface area contributed by atoms with E-state index in [1.807, 2.05) is 18.2 Å². The van der Waals surface area contributed by atoms with Gasteiger partial charge in [-0.05, 0) is 56.2 Å². The fraction of sp³-hybridized carbons (Fsp3) is 0.692. The van der Waals surface area contributed by atoms with Crippen molar-refractivity contribution < 1.29 is 28.9 Å². The standard InChI is InChI=1S/C26H45N3O6.ClH/c1-17(2)20(13-19-9-10-23(34-7)24(14-19)35-12-8-11-33-6)15-21(27)22(31)16-28-25(32)26(4,5)29-18(3)30;/h9-10,14,17,20-22,31H,8,11-13,15-16,27H2,1-7H3,(H,28,32)(H,29,30);1H/t20-,21-,22-;/m0./s1. The molecular formula is C26H46ClN3O6. The average molecular weight is 532 g/mol. The first-order valence-corrected chi connectivity index (χ1v) is 12.2. The maximum atomic E-state index is 12.4. The third kappa shape index (κ3) is 11.8. The molecule has 0 aliphatic carbocycles. The second-order valence-corrected chi connectivity index (χ2v) is 9.87. The molecule has 36 heavy (non-hydrogen) atoms. The second kappa shape index (κ2) is 16.6. The lowest BCUT2D eigenvalue weighted by atomic mass is 9.83. The van der Waals surface area contributed by atoms with E-state index in [0.717, 1.165) is 18.4 Å². The van der Waals surface area contributed by atoms with Gasteiger partial charge < -0.3 is 35.7 Å². The number of hydrogen-bond donors (Lipinski definition) is 4. The van der Waals surface area contributed by atoms with Gasteiger partial charge in [0.25, 0.3) is 0 Å². The minimum Gasteiger partial charge on any atom is -0.493 e. The van der Waals surface area contributed by atoms with E-state index in [4.69, 9.17) is 19.9 Å². The molecule has 3 atom stereocenters. The van der Waals surface area contributed by atoms with E-state index < -0.39 is 17.7 Å². The number of aliphatic hydroxyl groups is 1. The molecule has 0 aliphatic rings. The lowest BCUT2D eigenvalue weighted by Crippen LogP contribution is -2.56. The van der Waals surface area contributed by atoms with Crippen molar-refractivity contribution in [3.63, 3.8) is 0 Å². The summed E-state index contributed by atoms with van der Waals surface area (Å²) < 4.78 is 16.4. The summed E-state index contributed by atoms with van der Waals surface area (Å²) in [5.41, 5.74) is 6.35. The van der Waals surface area contributed by atoms with E-state index in [2.05, 4.69) is 24.5 Å². The molecule has 0 spiro atoms. The smallest absolute Gasteiger partial charge is 0.245 e. The minimum atomic E-state index is -1.08. The Hall–Kier alpha value is -2.07. The molecule has 1 rings (SSSR count). The number of rotatable bonds is 16. The number of aliphatic hydroxyl groups excluding tert-OH is 1. The van der Waals surface area contributed by atoms with Crippen molar-refractivity contribution in [3.8, 4) is 11.5 Å². The van der Waals surface area contributed by atoms with E-state index in [-0.39, 0.29) is 36.7 Å². The molecule has 0 saturated heterocycles. The Kier molecular flexibility index (Phi) is 15.7. The third-order valence-electron chi connectivity index (χ3n) is 6.02. The fourth-order valence-electron chi connectivity index (χ4n) is 3.81. The number of halogens is 1. The first-order chi connectivity index (χ1) is 16.4. The molecule has 10 heteroatoms. The molecule has 0 radical (unpaired) electrons. The third-order valence-corrected chi connectivity index (χ3v) is 6.02. The molecule has 0 aliphatic heterocycles. The topological polar surface area (TPSA) is 132 Å². The summed E-state index contributed by atoms with van der Waals surface area (Å²) in [5.74, 6) is 1.23. The first-order valence-electron chi connectivity index (χ1n) is 12.2. The van der Waals surface area contributed by atoms with Gasteiger partial charge in [0.1, 0.15) is 5.54 Å². The van der Waals surface area contributed by atoms with E-state index in [1.54, 1.807) is 28.1 Å². The van der Waals surface area contributed by atoms with Crippen molar-refractivity contribution in [1.29, 1.82) is 0 Å². The van der Waals surface area contributed by atoms with Gasteiger partial charge in [-0.3, -0.25) is 9.59 Å². The first kappa shape index (κ1) is 33.9. The quantitative estimate of drug-likeness (QED) is 0.241. The molecule has 0 unspecified atom stereocenters. The predicted molar refractivity (Wildman–Crippen MR) is 144 cm³/mol. The van der Waals surface area contributed by atoms with Crippen molar-refractivity contribution in [1.82, 2.24) is 10.6 Å². The number of amides is 2. The van der Waals surface area contributed by atoms with Crippen LogP contribution in [0.1, 0.15) is 53.0 Å². The van der Waals surface area contributed by atoms with Crippen molar-refractivity contribution >= 4 is 24.2 Å². The SMILES string of the molecule is COCCCOc1cc(C[C@@H](C[C@H](N)[C@@H](O)CNC(=O)C(C)(C)NC(C)=O)C(C)C)ccc1OC.Cl. The normalized spacial score (nSPS) is 13.8. The van der Waals surface area contributed by atoms with Crippen molar-refractivity contribution in [2.75, 3.05) is 34.0 Å². The number of carbonyl (C=O) groups excluding carboxylic acids is 2. The Morgan fingerprint density at radius 1 is 1.14 bits per heavy atom. The van der Waals surface area contributed by atoms with E-state index in [1.165, 1.54) is 6.92 Å². The molecular weight excluding hydrogens is 486 g/mol. The Balaban J connectivity index is 0.0000122. The number of nitrogens with two attached hydrogens (primary N) is 1. The molecule has 0 fully saturated rings. The van der Waals surface area contributed by atoms with Crippen LogP contribution < -0.4 is 25.8 Å². The van der Waals surface area contributed by atoms with E-state index >= 15 is 0 Å². The highest BCUT2D eigenvalue weighted by atomic mass is 35.5. The lowest BCUT2D eigenvalue weighted by molar-refractivity contribution is -0.131. The number of benzene rings is 1. The van der Waals surface area contributed by atoms with Crippen LogP contribution >= 0.6 is 12.4 Å². The summed E-state index contributed by atoms with van der Waals surface area (Å²) >= 11 is 0. The van der Waals surface area contributed by atoms with Gasteiger partial charge in [-0.15, -0.1) is 12.4 Å². The average Bonchev–Trinajstić information content (AvgIpc) is 2.78. The summed E-state index contributed by atoms with van der Waals surface area (Å²) in [6, 6.07) is 5.39. The highest BCUT2D eigenvalue weighted by molar-refractivity contribution is 5.90. The van der Waals surface area contributed by atoms with E-state index in [0.29, 0.717) is 37.1 Å². The Labute approximate surface area is 222 Å². The van der Waals surface area contributed by atoms with Crippen LogP contribution in [-0.2, 0) is 20.7 Å². The van der Waals surface area contributed by atoms with Crippen LogP contribution in [0.2, 0.25) is 0 Å². The van der Waals surface area contributed by atoms with Gasteiger partial charge in [0.05, 0.1) is 19.8 Å². The highest BCUT2D eigenvalue weighted by Gasteiger charge is 2.29. The second-order valence-electron chi connectivity index (χ2n) is 9.87. The predicted octanol–water partition coefficient (Wildman–Crippen LogP) is 2.46. The van der Waals surface area contributed by atoms with Crippen LogP contribution in [0.3, 0.4) is 0 Å². The molecule has 1 aromatic rings. The maximum absolute atomic E-state index is 12.4. The molecule has 1 aromatic carbocycles. The maximum Gasteiger partial charge on any atom is 0.245 e. The number of methoxy groups -OCH3 is 2. The van der Waals surface area contributed by atoms with Crippen LogP contribution in [-0.4, -0.2) is 68.6 Å². The van der Waals surface area contributed by atoms with E-state index in [9.17, 15) is 14.7 Å². The van der Waals surface area contributed by atoms with Crippen molar-refractivity contribution in [3.05, 3.63) is 23.8 Å². The van der Waals surface area contributed by atoms with Gasteiger partial charge in [-0.1, -0.05) is 19.9 Å². The molecule has 2 amide bonds. The largest absolute Gasteiger partial charge is 0.493 e. The summed E-state index contributed by atoms with van der Waals surface area (Å²) in [7, 11) is 3.28. The molecule has 5 N–H and O–H groups in total. The monoisotopic (exact) mass is 531 g/mol. The van der Waals surface area contributed by atoms with Crippen molar-refractivity contribution in [2.45, 2.75) is 71.6 Å². The van der Waals surface area contributed by atoms with Crippen molar-refractivity contribution in [2.24, 2.45) is 17.6 Å². The Morgan fingerprint density at radius 2 is 1.81 bits per heavy atom. The number of hydrogen-bond acceptors (Lipinski definition) is 7. The van der Waals surface area contributed by atoms with Gasteiger partial charge in [0, 0.05) is 39.6 Å². The van der Waals surface area contributed by atoms with Gasteiger partial charge in [0.2, 0.25) is 11.8 Å². The van der Waals surface area contributed by atoms with Crippen LogP contribution in [0, 0.1) is 11.8 Å². The highest BCUT2D eigenvalue weighted by Crippen LogP contribution is 2.31. The fourth-order valence-corrected chi connectivity index (χ4v) is 3.81.